The van der Waals surface area contributed by atoms with Crippen LogP contribution in [0.1, 0.15) is 74.1 Å². The fourth-order valence-corrected chi connectivity index (χ4v) is 4.10. The molecule has 0 spiro atoms. The van der Waals surface area contributed by atoms with Gasteiger partial charge in [0.05, 0.1) is 31.0 Å². The Morgan fingerprint density at radius 1 is 0.882 bits per heavy atom. The van der Waals surface area contributed by atoms with Gasteiger partial charge in [-0.15, -0.1) is 0 Å². The van der Waals surface area contributed by atoms with Crippen LogP contribution in [0.5, 0.6) is 0 Å². The highest BCUT2D eigenvalue weighted by Crippen LogP contribution is 2.39. The van der Waals surface area contributed by atoms with Gasteiger partial charge in [0, 0.05) is 0 Å². The second-order valence-corrected chi connectivity index (χ2v) is 9.85. The summed E-state index contributed by atoms with van der Waals surface area (Å²) in [7, 11) is 0. The Bertz CT molecular complexity index is 568. The molecule has 5 unspecified atom stereocenters. The summed E-state index contributed by atoms with van der Waals surface area (Å²) < 4.78 is 23.1. The first-order valence-corrected chi connectivity index (χ1v) is 12.4. The van der Waals surface area contributed by atoms with Crippen molar-refractivity contribution in [2.24, 2.45) is 5.41 Å². The van der Waals surface area contributed by atoms with E-state index in [9.17, 15) is 30.6 Å². The lowest BCUT2D eigenvalue weighted by atomic mass is 9.74. The fraction of sp³-hybridized carbons (Fsp3) is 1.00. The molecule has 1 aliphatic rings. The van der Waals surface area contributed by atoms with Crippen molar-refractivity contribution in [1.82, 2.24) is 0 Å². The predicted molar refractivity (Wildman–Crippen MR) is 125 cm³/mol. The second kappa shape index (κ2) is 13.8. The first-order valence-electron chi connectivity index (χ1n) is 12.4. The van der Waals surface area contributed by atoms with E-state index in [0.29, 0.717) is 12.8 Å². The van der Waals surface area contributed by atoms with Gasteiger partial charge in [-0.1, -0.05) is 34.6 Å². The van der Waals surface area contributed by atoms with Crippen LogP contribution in [-0.4, -0.2) is 105 Å². The van der Waals surface area contributed by atoms with Gasteiger partial charge in [-0.3, -0.25) is 0 Å². The van der Waals surface area contributed by atoms with Crippen molar-refractivity contribution in [1.29, 1.82) is 0 Å². The molecule has 204 valence electrons. The summed E-state index contributed by atoms with van der Waals surface area (Å²) in [4.78, 5) is 0. The molecule has 1 rings (SSSR count). The van der Waals surface area contributed by atoms with Gasteiger partial charge in [-0.05, 0) is 44.9 Å². The molecule has 34 heavy (non-hydrogen) atoms. The van der Waals surface area contributed by atoms with Crippen LogP contribution in [0.2, 0.25) is 0 Å². The smallest absolute Gasteiger partial charge is 0.186 e. The van der Waals surface area contributed by atoms with E-state index in [1.54, 1.807) is 6.92 Å². The summed E-state index contributed by atoms with van der Waals surface area (Å²) in [6, 6.07) is 0. The fourth-order valence-electron chi connectivity index (χ4n) is 4.10. The molecular weight excluding hydrogens is 448 g/mol. The lowest BCUT2D eigenvalue weighted by molar-refractivity contribution is -0.351. The molecule has 0 bridgehead atoms. The molecule has 1 fully saturated rings. The first-order chi connectivity index (χ1) is 15.9. The highest BCUT2D eigenvalue weighted by molar-refractivity contribution is 4.97. The Balaban J connectivity index is 3.03. The third-order valence-electron chi connectivity index (χ3n) is 7.64. The molecule has 0 saturated carbocycles. The van der Waals surface area contributed by atoms with Gasteiger partial charge in [0.2, 0.25) is 0 Å². The van der Waals surface area contributed by atoms with E-state index in [1.807, 2.05) is 41.5 Å². The van der Waals surface area contributed by atoms with Crippen LogP contribution in [-0.2, 0) is 18.9 Å². The van der Waals surface area contributed by atoms with Crippen molar-refractivity contribution >= 4 is 0 Å². The maximum absolute atomic E-state index is 10.8. The number of hydrogen-bond donors (Lipinski definition) is 6. The van der Waals surface area contributed by atoms with Crippen molar-refractivity contribution in [2.45, 2.75) is 135 Å². The molecule has 0 aliphatic carbocycles. The first kappa shape index (κ1) is 31.6. The van der Waals surface area contributed by atoms with Crippen LogP contribution in [0, 0.1) is 5.41 Å². The summed E-state index contributed by atoms with van der Waals surface area (Å²) in [6.45, 7) is 12.2. The predicted octanol–water partition coefficient (Wildman–Crippen LogP) is 0.678. The highest BCUT2D eigenvalue weighted by atomic mass is 16.7. The van der Waals surface area contributed by atoms with Crippen molar-refractivity contribution in [2.75, 3.05) is 13.2 Å². The minimum absolute atomic E-state index is 0.448. The topological polar surface area (TPSA) is 158 Å². The Morgan fingerprint density at radius 2 is 1.44 bits per heavy atom. The third kappa shape index (κ3) is 7.55. The Kier molecular flexibility index (Phi) is 12.8. The summed E-state index contributed by atoms with van der Waals surface area (Å²) in [5.74, 6) is 0. The molecule has 0 aromatic rings. The van der Waals surface area contributed by atoms with E-state index < -0.39 is 79.5 Å². The van der Waals surface area contributed by atoms with Gasteiger partial charge in [0.1, 0.15) is 30.5 Å². The maximum atomic E-state index is 10.8. The largest absolute Gasteiger partial charge is 0.394 e. The van der Waals surface area contributed by atoms with Crippen LogP contribution in [0.15, 0.2) is 0 Å². The number of ether oxygens (including phenoxy) is 4. The van der Waals surface area contributed by atoms with Crippen LogP contribution in [0.25, 0.3) is 0 Å². The molecule has 6 N–H and O–H groups in total. The lowest BCUT2D eigenvalue weighted by Gasteiger charge is -2.48. The van der Waals surface area contributed by atoms with Crippen molar-refractivity contribution in [3.63, 3.8) is 0 Å². The molecule has 0 aromatic carbocycles. The number of aliphatic hydroxyl groups excluding tert-OH is 6. The third-order valence-corrected chi connectivity index (χ3v) is 7.64. The van der Waals surface area contributed by atoms with Crippen LogP contribution in [0.4, 0.5) is 0 Å². The minimum Gasteiger partial charge on any atom is -0.394 e. The maximum Gasteiger partial charge on any atom is 0.186 e. The quantitative estimate of drug-likeness (QED) is 0.178. The van der Waals surface area contributed by atoms with Gasteiger partial charge in [0.25, 0.3) is 0 Å². The van der Waals surface area contributed by atoms with Crippen LogP contribution in [0.3, 0.4) is 0 Å². The van der Waals surface area contributed by atoms with Gasteiger partial charge < -0.3 is 49.6 Å². The average molecular weight is 497 g/mol. The number of aliphatic hydroxyl groups is 6. The second-order valence-electron chi connectivity index (χ2n) is 9.85. The molecule has 10 heteroatoms. The Morgan fingerprint density at radius 3 is 1.88 bits per heavy atom. The normalized spacial score (nSPS) is 30.1. The Hall–Kier alpha value is -0.400. The van der Waals surface area contributed by atoms with Crippen molar-refractivity contribution in [3.8, 4) is 0 Å². The monoisotopic (exact) mass is 496 g/mol. The van der Waals surface area contributed by atoms with Gasteiger partial charge in [0.15, 0.2) is 12.6 Å². The zero-order valence-corrected chi connectivity index (χ0v) is 21.8. The van der Waals surface area contributed by atoms with E-state index in [2.05, 4.69) is 0 Å². The number of rotatable bonds is 15. The standard InChI is InChI=1S/C24H48O10/c1-8-23(6,9-2)20-18(29)17(28)19(21(30)33-20)32-22(15(27)12-25)31-16(13-26)14(5)34-24(7,10-3)11-4/h14-22,25-30H,8-13H2,1-7H3/t14-,15-,16?,17?,18?,19?,20+,21+,22?/m0/s1. The SMILES string of the molecule is CCC(C)(CC)O[C@@H](C)C(CO)OC(OC1C(O)C(O)[C@H](C(C)(CC)CC)O[C@H]1O)[C@@H](O)CO. The molecule has 9 atom stereocenters. The molecule has 0 aromatic heterocycles. The van der Waals surface area contributed by atoms with Crippen molar-refractivity contribution < 1.29 is 49.6 Å². The molecule has 1 aliphatic heterocycles. The summed E-state index contributed by atoms with van der Waals surface area (Å²) in [5, 5.41) is 61.8. The molecular formula is C24H48O10. The zero-order chi connectivity index (χ0) is 26.3. The molecule has 1 saturated heterocycles. The van der Waals surface area contributed by atoms with E-state index >= 15 is 0 Å². The molecule has 1 heterocycles. The summed E-state index contributed by atoms with van der Waals surface area (Å²) in [5.41, 5.74) is -0.942. The lowest BCUT2D eigenvalue weighted by Crippen LogP contribution is -2.63. The zero-order valence-electron chi connectivity index (χ0n) is 21.8. The minimum atomic E-state index is -1.62. The van der Waals surface area contributed by atoms with Gasteiger partial charge in [-0.2, -0.15) is 0 Å². The van der Waals surface area contributed by atoms with Crippen LogP contribution >= 0.6 is 0 Å². The summed E-state index contributed by atoms with van der Waals surface area (Å²) >= 11 is 0. The summed E-state index contributed by atoms with van der Waals surface area (Å²) in [6.07, 6.45) is -8.73. The number of hydrogen-bond acceptors (Lipinski definition) is 10. The average Bonchev–Trinajstić information content (AvgIpc) is 2.84. The van der Waals surface area contributed by atoms with E-state index in [0.717, 1.165) is 12.8 Å². The van der Waals surface area contributed by atoms with Crippen LogP contribution < -0.4 is 0 Å². The van der Waals surface area contributed by atoms with E-state index in [4.69, 9.17) is 18.9 Å². The van der Waals surface area contributed by atoms with Gasteiger partial charge >= 0.3 is 0 Å². The molecule has 0 amide bonds. The Labute approximate surface area is 203 Å². The van der Waals surface area contributed by atoms with E-state index in [1.165, 1.54) is 0 Å². The van der Waals surface area contributed by atoms with Gasteiger partial charge in [-0.25, -0.2) is 0 Å². The molecule has 0 radical (unpaired) electrons. The molecule has 10 nitrogen and oxygen atoms in total. The highest BCUT2D eigenvalue weighted by Gasteiger charge is 2.51. The van der Waals surface area contributed by atoms with Crippen molar-refractivity contribution in [3.05, 3.63) is 0 Å². The van der Waals surface area contributed by atoms with E-state index in [-0.39, 0.29) is 0 Å².